The minimum Gasteiger partial charge on any atom is -0.387 e. The van der Waals surface area contributed by atoms with Gasteiger partial charge in [0.1, 0.15) is 53.5 Å². The van der Waals surface area contributed by atoms with Crippen molar-refractivity contribution in [1.29, 1.82) is 0 Å². The molecule has 2 aliphatic heterocycles. The number of hydrogen-bond donors (Lipinski definition) is 7. The van der Waals surface area contributed by atoms with E-state index < -0.39 is 77.1 Å². The van der Waals surface area contributed by atoms with Crippen molar-refractivity contribution < 1.29 is 52.8 Å². The van der Waals surface area contributed by atoms with Crippen molar-refractivity contribution in [1.82, 2.24) is 39.0 Å². The summed E-state index contributed by atoms with van der Waals surface area (Å²) in [4.78, 5) is 54.9. The smallest absolute Gasteiger partial charge is 0.387 e. The predicted molar refractivity (Wildman–Crippen MR) is 157 cm³/mol. The Bertz CT molecular complexity index is 1920. The largest absolute Gasteiger partial charge is 0.472 e. The number of nitrogen functional groups attached to an aromatic ring is 1. The van der Waals surface area contributed by atoms with Crippen LogP contribution in [0.4, 0.5) is 5.95 Å². The van der Waals surface area contributed by atoms with E-state index in [1.54, 1.807) is 6.26 Å². The topological polar surface area (TPSA) is 305 Å². The number of nitrogens with one attached hydrogen (secondary N) is 1. The Morgan fingerprint density at radius 3 is 2.50 bits per heavy atom. The Hall–Kier alpha value is -3.11. The number of imidazole rings is 2. The van der Waals surface area contributed by atoms with E-state index in [2.05, 4.69) is 29.9 Å². The number of ether oxygens (including phenoxy) is 2. The van der Waals surface area contributed by atoms with E-state index in [4.69, 9.17) is 24.3 Å². The molecular formula is C22H27N9O12P2S. The van der Waals surface area contributed by atoms with E-state index >= 15 is 0 Å². The van der Waals surface area contributed by atoms with Crippen LogP contribution >= 0.6 is 27.6 Å². The van der Waals surface area contributed by atoms with Crippen molar-refractivity contribution in [2.24, 2.45) is 0 Å². The molecular weight excluding hydrogens is 676 g/mol. The predicted octanol–water partition coefficient (Wildman–Crippen LogP) is -1.38. The highest BCUT2D eigenvalue weighted by Crippen LogP contribution is 2.49. The van der Waals surface area contributed by atoms with Crippen LogP contribution < -0.4 is 11.3 Å². The van der Waals surface area contributed by atoms with Crippen LogP contribution in [0.2, 0.25) is 0 Å². The van der Waals surface area contributed by atoms with Crippen LogP contribution in [0, 0.1) is 0 Å². The molecule has 0 aromatic carbocycles. The van der Waals surface area contributed by atoms with Gasteiger partial charge in [-0.2, -0.15) is 4.98 Å². The monoisotopic (exact) mass is 703 g/mol. The van der Waals surface area contributed by atoms with Crippen LogP contribution in [0.25, 0.3) is 22.3 Å². The molecule has 0 radical (unpaired) electrons. The minimum atomic E-state index is -5.10. The number of aliphatic hydroxyl groups is 3. The summed E-state index contributed by atoms with van der Waals surface area (Å²) in [5, 5.41) is 33.1. The van der Waals surface area contributed by atoms with Gasteiger partial charge < -0.3 is 40.3 Å². The maximum atomic E-state index is 13.1. The molecule has 2 aliphatic rings. The molecule has 24 heteroatoms. The molecule has 0 saturated carbocycles. The summed E-state index contributed by atoms with van der Waals surface area (Å²) in [7, 11) is -8.28. The molecule has 0 aliphatic carbocycles. The maximum Gasteiger partial charge on any atom is 0.472 e. The molecule has 2 fully saturated rings. The van der Waals surface area contributed by atoms with Crippen LogP contribution in [0.15, 0.2) is 40.7 Å². The number of phosphoric ester groups is 1. The Morgan fingerprint density at radius 2 is 1.78 bits per heavy atom. The molecule has 0 amide bonds. The van der Waals surface area contributed by atoms with E-state index in [9.17, 15) is 39.0 Å². The molecule has 10 atom stereocenters. The van der Waals surface area contributed by atoms with Crippen molar-refractivity contribution in [2.75, 3.05) is 18.6 Å². The lowest BCUT2D eigenvalue weighted by atomic mass is 10.1. The summed E-state index contributed by atoms with van der Waals surface area (Å²) in [5.41, 5.74) is 5.48. The molecule has 21 nitrogen and oxygen atoms in total. The average Bonchev–Trinajstić information content (AvgIpc) is 3.76. The van der Waals surface area contributed by atoms with Gasteiger partial charge in [-0.05, 0) is 18.1 Å². The lowest BCUT2D eigenvalue weighted by molar-refractivity contribution is -0.0550. The van der Waals surface area contributed by atoms with Gasteiger partial charge in [0, 0.05) is 0 Å². The fourth-order valence-corrected chi connectivity index (χ4v) is 6.90. The number of aromatic nitrogens is 8. The first kappa shape index (κ1) is 32.8. The second-order valence-electron chi connectivity index (χ2n) is 10.0. The molecule has 3 unspecified atom stereocenters. The number of aliphatic hydroxyl groups excluding tert-OH is 3. The molecule has 248 valence electrons. The molecule has 8 N–H and O–H groups in total. The highest BCUT2D eigenvalue weighted by molar-refractivity contribution is 7.98. The second kappa shape index (κ2) is 12.8. The van der Waals surface area contributed by atoms with Crippen molar-refractivity contribution in [3.8, 4) is 0 Å². The normalized spacial score (nSPS) is 30.5. The molecule has 4 aromatic heterocycles. The number of nitrogens with two attached hydrogens (primary N) is 1. The Morgan fingerprint density at radius 1 is 1.09 bits per heavy atom. The van der Waals surface area contributed by atoms with Crippen LogP contribution in [0.1, 0.15) is 12.5 Å². The van der Waals surface area contributed by atoms with Gasteiger partial charge >= 0.3 is 7.82 Å². The molecule has 0 bridgehead atoms. The van der Waals surface area contributed by atoms with Gasteiger partial charge in [0.25, 0.3) is 5.56 Å². The first-order valence-corrected chi connectivity index (χ1v) is 17.4. The zero-order valence-electron chi connectivity index (χ0n) is 23.4. The number of anilines is 1. The minimum absolute atomic E-state index is 0.0878. The first-order valence-electron chi connectivity index (χ1n) is 13.2. The Labute approximate surface area is 261 Å². The fourth-order valence-electron chi connectivity index (χ4n) is 5.10. The standard InChI is InChI=1S/C22H27N9O12P2S/c1-46-19-11-16(24-5-25-19)30(7-27-11)20-13(33)12(32)9(42-20)4-40-45(38,39)43-15-8(2-3-44(36)37)41-21(14(15)34)31-6-26-10-17(31)28-22(23)29-18(10)35/h2-3,5-9,12-15,20-21,32-34,44H,4H2,1H3,(H,36,37)(H,38,39)(H3,23,28,29,35)/b3-2-/t8?,9-,12-,13-,14-,15-,20-,21-/m1/s1. The molecule has 46 heavy (non-hydrogen) atoms. The van der Waals surface area contributed by atoms with Crippen molar-refractivity contribution in [3.05, 3.63) is 41.2 Å². The Kier molecular flexibility index (Phi) is 9.15. The van der Waals surface area contributed by atoms with E-state index in [0.29, 0.717) is 16.2 Å². The summed E-state index contributed by atoms with van der Waals surface area (Å²) >= 11 is 1.33. The lowest BCUT2D eigenvalue weighted by Crippen LogP contribution is -2.35. The number of thioether (sulfide) groups is 1. The number of rotatable bonds is 10. The van der Waals surface area contributed by atoms with E-state index in [1.807, 2.05) is 0 Å². The van der Waals surface area contributed by atoms with Gasteiger partial charge in [-0.3, -0.25) is 32.5 Å². The summed E-state index contributed by atoms with van der Waals surface area (Å²) in [6.45, 7) is -0.754. The zero-order valence-corrected chi connectivity index (χ0v) is 26.1. The van der Waals surface area contributed by atoms with Gasteiger partial charge in [0.05, 0.1) is 19.3 Å². The van der Waals surface area contributed by atoms with Gasteiger partial charge in [0.15, 0.2) is 29.3 Å². The summed E-state index contributed by atoms with van der Waals surface area (Å²) in [6.07, 6.45) is -5.23. The van der Waals surface area contributed by atoms with E-state index in [1.165, 1.54) is 29.0 Å². The lowest BCUT2D eigenvalue weighted by Gasteiger charge is -2.23. The van der Waals surface area contributed by atoms with Gasteiger partial charge in [-0.15, -0.1) is 11.8 Å². The second-order valence-corrected chi connectivity index (χ2v) is 13.3. The molecule has 0 spiro atoms. The zero-order chi connectivity index (χ0) is 32.9. The van der Waals surface area contributed by atoms with Crippen LogP contribution in [0.5, 0.6) is 0 Å². The molecule has 6 rings (SSSR count). The highest BCUT2D eigenvalue weighted by Gasteiger charge is 2.50. The number of H-pyrrole nitrogens is 1. The molecule has 6 heterocycles. The van der Waals surface area contributed by atoms with Crippen molar-refractivity contribution >= 4 is 55.9 Å². The fraction of sp³-hybridized carbons (Fsp3) is 0.455. The number of fused-ring (bicyclic) bond motifs is 2. The number of hydrogen-bond acceptors (Lipinski definition) is 17. The maximum absolute atomic E-state index is 13.1. The number of nitrogens with zero attached hydrogens (tertiary/aromatic N) is 7. The van der Waals surface area contributed by atoms with E-state index in [-0.39, 0.29) is 17.1 Å². The van der Waals surface area contributed by atoms with Gasteiger partial charge in [-0.25, -0.2) is 24.5 Å². The highest BCUT2D eigenvalue weighted by atomic mass is 32.2. The SMILES string of the molecule is CSc1ncnc2c1ncn2[C@@H]1O[C@H](COP(=O)(O)O[C@@H]2C(/C=C\[PH](=O)O)O[C@@H](n3cnc4c(=O)[nH]c(N)nc43)[C@@H]2O)[C@@H](O)[C@H]1O. The summed E-state index contributed by atoms with van der Waals surface area (Å²) < 4.78 is 48.8. The van der Waals surface area contributed by atoms with Crippen molar-refractivity contribution in [2.45, 2.75) is 54.1 Å². The summed E-state index contributed by atoms with van der Waals surface area (Å²) in [5.74, 6) is 0.597. The third-order valence-electron chi connectivity index (χ3n) is 7.19. The third kappa shape index (κ3) is 6.15. The van der Waals surface area contributed by atoms with Gasteiger partial charge in [0.2, 0.25) is 14.0 Å². The third-order valence-corrected chi connectivity index (χ3v) is 9.34. The van der Waals surface area contributed by atoms with Crippen LogP contribution in [0.3, 0.4) is 0 Å². The first-order chi connectivity index (χ1) is 21.9. The van der Waals surface area contributed by atoms with Crippen molar-refractivity contribution in [3.63, 3.8) is 0 Å². The number of aromatic amines is 1. The van der Waals surface area contributed by atoms with Crippen LogP contribution in [-0.2, 0) is 27.7 Å². The average molecular weight is 704 g/mol. The summed E-state index contributed by atoms with van der Waals surface area (Å²) in [6, 6.07) is 0. The van der Waals surface area contributed by atoms with Crippen LogP contribution in [-0.4, -0.2) is 114 Å². The molecule has 4 aromatic rings. The quantitative estimate of drug-likeness (QED) is 0.0569. The Balaban J connectivity index is 1.18. The molecule has 2 saturated heterocycles. The number of phosphoric acid groups is 1. The van der Waals surface area contributed by atoms with Gasteiger partial charge in [-0.1, -0.05) is 0 Å². The van der Waals surface area contributed by atoms with E-state index in [0.717, 1.165) is 22.8 Å².